The lowest BCUT2D eigenvalue weighted by molar-refractivity contribution is -0.127. The summed E-state index contributed by atoms with van der Waals surface area (Å²) < 4.78 is 5.19. The third-order valence-corrected chi connectivity index (χ3v) is 8.60. The van der Waals surface area contributed by atoms with Crippen molar-refractivity contribution >= 4 is 23.8 Å². The Morgan fingerprint density at radius 2 is 1.89 bits per heavy atom. The zero-order valence-electron chi connectivity index (χ0n) is 22.6. The monoisotopic (exact) mass is 517 g/mol. The van der Waals surface area contributed by atoms with E-state index in [0.717, 1.165) is 43.0 Å². The molecule has 0 radical (unpaired) electrons. The van der Waals surface area contributed by atoms with Crippen molar-refractivity contribution in [3.8, 4) is 0 Å². The zero-order chi connectivity index (χ0) is 26.6. The Kier molecular flexibility index (Phi) is 7.95. The first kappa shape index (κ1) is 26.2. The van der Waals surface area contributed by atoms with Gasteiger partial charge in [0.15, 0.2) is 0 Å². The first-order valence-electron chi connectivity index (χ1n) is 14.0. The Morgan fingerprint density at radius 3 is 2.53 bits per heavy atom. The van der Waals surface area contributed by atoms with Crippen molar-refractivity contribution in [3.63, 3.8) is 0 Å². The molecule has 3 aliphatic rings. The van der Waals surface area contributed by atoms with E-state index >= 15 is 0 Å². The number of anilines is 2. The average Bonchev–Trinajstić information content (AvgIpc) is 2.92. The minimum Gasteiger partial charge on any atom is -0.444 e. The lowest BCUT2D eigenvalue weighted by Gasteiger charge is -2.39. The summed E-state index contributed by atoms with van der Waals surface area (Å²) in [5.41, 5.74) is 3.38. The number of fused-ring (bicyclic) bond motifs is 1. The molecule has 8 nitrogen and oxygen atoms in total. The number of ether oxygens (including phenoxy) is 1. The van der Waals surface area contributed by atoms with Crippen LogP contribution in [-0.4, -0.2) is 46.5 Å². The van der Waals surface area contributed by atoms with Crippen LogP contribution in [0.5, 0.6) is 0 Å². The highest BCUT2D eigenvalue weighted by molar-refractivity contribution is 5.89. The summed E-state index contributed by atoms with van der Waals surface area (Å²) in [6.07, 6.45) is 10.2. The lowest BCUT2D eigenvalue weighted by atomic mass is 9.70. The first-order chi connectivity index (χ1) is 18.5. The molecule has 1 saturated carbocycles. The molecule has 8 heteroatoms. The van der Waals surface area contributed by atoms with Gasteiger partial charge in [0.05, 0.1) is 11.6 Å². The third-order valence-electron chi connectivity index (χ3n) is 8.60. The quantitative estimate of drug-likeness (QED) is 0.422. The summed E-state index contributed by atoms with van der Waals surface area (Å²) in [5, 5.41) is 3.40. The van der Waals surface area contributed by atoms with Gasteiger partial charge in [-0.25, -0.2) is 9.78 Å². The predicted octanol–water partition coefficient (Wildman–Crippen LogP) is 5.82. The Hall–Kier alpha value is -3.42. The summed E-state index contributed by atoms with van der Waals surface area (Å²) in [4.78, 5) is 36.7. The van der Waals surface area contributed by atoms with Crippen LogP contribution in [0.25, 0.3) is 0 Å². The molecule has 0 unspecified atom stereocenters. The molecular weight excluding hydrogens is 478 g/mol. The van der Waals surface area contributed by atoms with Crippen LogP contribution in [0.15, 0.2) is 43.1 Å². The van der Waals surface area contributed by atoms with Gasteiger partial charge in [0.1, 0.15) is 12.4 Å². The summed E-state index contributed by atoms with van der Waals surface area (Å²) in [7, 11) is 0. The van der Waals surface area contributed by atoms with E-state index in [9.17, 15) is 9.59 Å². The molecule has 2 aliphatic heterocycles. The zero-order valence-corrected chi connectivity index (χ0v) is 22.6. The highest BCUT2D eigenvalue weighted by Crippen LogP contribution is 2.42. The van der Waals surface area contributed by atoms with Gasteiger partial charge in [0.25, 0.3) is 0 Å². The van der Waals surface area contributed by atoms with Crippen LogP contribution in [0.3, 0.4) is 0 Å². The average molecular weight is 518 g/mol. The number of nitrogens with one attached hydrogen (secondary N) is 1. The molecule has 1 aromatic heterocycles. The maximum Gasteiger partial charge on any atom is 0.415 e. The topological polar surface area (TPSA) is 87.7 Å². The second-order valence-corrected chi connectivity index (χ2v) is 10.9. The van der Waals surface area contributed by atoms with Gasteiger partial charge in [-0.05, 0) is 68.1 Å². The van der Waals surface area contributed by atoms with Crippen LogP contribution >= 0.6 is 0 Å². The van der Waals surface area contributed by atoms with Crippen LogP contribution in [0.4, 0.5) is 16.6 Å². The van der Waals surface area contributed by atoms with Crippen molar-refractivity contribution < 1.29 is 14.3 Å². The highest BCUT2D eigenvalue weighted by atomic mass is 16.6. The number of benzene rings is 1. The number of hydrogen-bond donors (Lipinski definition) is 1. The lowest BCUT2D eigenvalue weighted by Crippen LogP contribution is -2.39. The van der Waals surface area contributed by atoms with Gasteiger partial charge in [-0.1, -0.05) is 50.1 Å². The van der Waals surface area contributed by atoms with Gasteiger partial charge in [-0.2, -0.15) is 4.98 Å². The number of rotatable bonds is 9. The normalized spacial score (nSPS) is 19.7. The largest absolute Gasteiger partial charge is 0.444 e. The summed E-state index contributed by atoms with van der Waals surface area (Å²) in [6, 6.07) is 9.02. The molecule has 1 saturated heterocycles. The molecule has 5 rings (SSSR count). The number of aromatic nitrogens is 2. The molecule has 2 aromatic rings. The molecule has 1 aliphatic carbocycles. The van der Waals surface area contributed by atoms with Gasteiger partial charge >= 0.3 is 6.09 Å². The van der Waals surface area contributed by atoms with Crippen molar-refractivity contribution in [2.45, 2.75) is 70.9 Å². The van der Waals surface area contributed by atoms with E-state index in [1.807, 2.05) is 11.8 Å². The first-order valence-corrected chi connectivity index (χ1v) is 14.0. The van der Waals surface area contributed by atoms with Crippen molar-refractivity contribution in [3.05, 3.63) is 59.8 Å². The Balaban J connectivity index is 1.27. The fraction of sp³-hybridized carbons (Fsp3) is 0.533. The van der Waals surface area contributed by atoms with Gasteiger partial charge < -0.3 is 15.0 Å². The minimum absolute atomic E-state index is 0.00551. The van der Waals surface area contributed by atoms with E-state index in [0.29, 0.717) is 30.1 Å². The van der Waals surface area contributed by atoms with Crippen molar-refractivity contribution in [2.75, 3.05) is 29.9 Å². The molecule has 0 bridgehead atoms. The number of carbonyl (C=O) groups excluding carboxylic acids is 2. The number of carbonyl (C=O) groups is 2. The summed E-state index contributed by atoms with van der Waals surface area (Å²) >= 11 is 0. The molecule has 3 heterocycles. The smallest absolute Gasteiger partial charge is 0.415 e. The molecule has 2 fully saturated rings. The SMILES string of the molecule is C=CC(=O)N1CCC([C@@H](CC2CCC2)c2ccc([C@H](C)Nc3ncc4c(n3)N(CC)C(=O)OC4)cc2)CC1. The Bertz CT molecular complexity index is 1150. The molecular formula is C30H39N5O3. The van der Waals surface area contributed by atoms with E-state index in [1.165, 1.54) is 42.2 Å². The Morgan fingerprint density at radius 1 is 1.18 bits per heavy atom. The molecule has 38 heavy (non-hydrogen) atoms. The highest BCUT2D eigenvalue weighted by Gasteiger charge is 2.32. The number of cyclic esters (lactones) is 1. The van der Waals surface area contributed by atoms with Gasteiger partial charge in [-0.3, -0.25) is 9.69 Å². The summed E-state index contributed by atoms with van der Waals surface area (Å²) in [5.74, 6) is 3.12. The number of amides is 2. The molecule has 202 valence electrons. The van der Waals surface area contributed by atoms with Crippen molar-refractivity contribution in [2.24, 2.45) is 11.8 Å². The van der Waals surface area contributed by atoms with Gasteiger partial charge in [0, 0.05) is 25.8 Å². The van der Waals surface area contributed by atoms with E-state index in [4.69, 9.17) is 4.74 Å². The maximum atomic E-state index is 12.1. The van der Waals surface area contributed by atoms with Crippen LogP contribution in [0.1, 0.15) is 81.0 Å². The van der Waals surface area contributed by atoms with Crippen LogP contribution in [0.2, 0.25) is 0 Å². The van der Waals surface area contributed by atoms with E-state index in [1.54, 1.807) is 6.20 Å². The minimum atomic E-state index is -0.372. The molecule has 2 atom stereocenters. The maximum absolute atomic E-state index is 12.1. The van der Waals surface area contributed by atoms with Crippen molar-refractivity contribution in [1.29, 1.82) is 0 Å². The van der Waals surface area contributed by atoms with Crippen LogP contribution < -0.4 is 10.2 Å². The third kappa shape index (κ3) is 5.54. The van der Waals surface area contributed by atoms with E-state index in [2.05, 4.69) is 53.1 Å². The fourth-order valence-electron chi connectivity index (χ4n) is 6.03. The molecule has 0 spiro atoms. The second-order valence-electron chi connectivity index (χ2n) is 10.9. The number of piperidine rings is 1. The summed E-state index contributed by atoms with van der Waals surface area (Å²) in [6.45, 7) is 9.99. The molecule has 1 aromatic carbocycles. The van der Waals surface area contributed by atoms with Crippen LogP contribution in [0, 0.1) is 11.8 Å². The predicted molar refractivity (Wildman–Crippen MR) is 148 cm³/mol. The van der Waals surface area contributed by atoms with Gasteiger partial charge in [-0.15, -0.1) is 0 Å². The van der Waals surface area contributed by atoms with Gasteiger partial charge in [0.2, 0.25) is 11.9 Å². The number of hydrogen-bond acceptors (Lipinski definition) is 6. The fourth-order valence-corrected chi connectivity index (χ4v) is 6.03. The van der Waals surface area contributed by atoms with Crippen molar-refractivity contribution in [1.82, 2.24) is 14.9 Å². The standard InChI is InChI=1S/C30H39N5O3/c1-4-27(36)34-15-13-24(14-16-34)26(17-21-7-6-8-21)23-11-9-22(10-12-23)20(3)32-29-31-18-25-19-38-30(37)35(5-2)28(25)33-29/h4,9-12,18,20-21,24,26H,1,5-8,13-17,19H2,2-3H3,(H,31,32,33)/t20-,26-/m0/s1. The van der Waals surface area contributed by atoms with E-state index < -0.39 is 0 Å². The van der Waals surface area contributed by atoms with Crippen LogP contribution in [-0.2, 0) is 16.1 Å². The molecule has 1 N–H and O–H groups in total. The Labute approximate surface area is 225 Å². The molecule has 2 amide bonds. The van der Waals surface area contributed by atoms with E-state index in [-0.39, 0.29) is 24.6 Å². The second kappa shape index (κ2) is 11.5. The number of nitrogens with zero attached hydrogens (tertiary/aromatic N) is 4. The number of likely N-dealkylation sites (tertiary alicyclic amines) is 1.